The van der Waals surface area contributed by atoms with E-state index in [1.807, 2.05) is 0 Å². The molecule has 3 rings (SSSR count). The van der Waals surface area contributed by atoms with Gasteiger partial charge in [0, 0.05) is 0 Å². The van der Waals surface area contributed by atoms with Crippen molar-refractivity contribution in [2.24, 2.45) is 0 Å². The summed E-state index contributed by atoms with van der Waals surface area (Å²) < 4.78 is 4.95. The van der Waals surface area contributed by atoms with E-state index in [4.69, 9.17) is 4.74 Å². The van der Waals surface area contributed by atoms with Gasteiger partial charge in [-0.2, -0.15) is 0 Å². The molecule has 2 amide bonds. The molecule has 0 saturated heterocycles. The molecule has 116 valence electrons. The first-order valence-corrected chi connectivity index (χ1v) is 7.34. The van der Waals surface area contributed by atoms with Gasteiger partial charge in [-0.05, 0) is 30.7 Å². The van der Waals surface area contributed by atoms with Crippen LogP contribution in [0.15, 0.2) is 48.5 Å². The molecule has 23 heavy (non-hydrogen) atoms. The second-order valence-electron chi connectivity index (χ2n) is 5.10. The van der Waals surface area contributed by atoms with Gasteiger partial charge >= 0.3 is 5.97 Å². The van der Waals surface area contributed by atoms with Gasteiger partial charge in [0.25, 0.3) is 11.8 Å². The molecule has 0 bridgehead atoms. The molecule has 5 nitrogen and oxygen atoms in total. The summed E-state index contributed by atoms with van der Waals surface area (Å²) in [5.41, 5.74) is 1.76. The Morgan fingerprint density at radius 3 is 2.13 bits per heavy atom. The lowest BCUT2D eigenvalue weighted by molar-refractivity contribution is -0.142. The first kappa shape index (κ1) is 15.0. The number of anilines is 1. The number of ether oxygens (including phenoxy) is 1. The van der Waals surface area contributed by atoms with Crippen LogP contribution in [0.25, 0.3) is 0 Å². The Kier molecular flexibility index (Phi) is 3.93. The van der Waals surface area contributed by atoms with Gasteiger partial charge in [-0.15, -0.1) is 0 Å². The Bertz CT molecular complexity index is 762. The highest BCUT2D eigenvalue weighted by atomic mass is 16.5. The van der Waals surface area contributed by atoms with Crippen molar-refractivity contribution in [3.63, 3.8) is 0 Å². The van der Waals surface area contributed by atoms with E-state index in [1.54, 1.807) is 55.5 Å². The Hall–Kier alpha value is -2.95. The van der Waals surface area contributed by atoms with Gasteiger partial charge in [0.1, 0.15) is 0 Å². The highest BCUT2D eigenvalue weighted by Crippen LogP contribution is 2.30. The van der Waals surface area contributed by atoms with Crippen molar-refractivity contribution in [3.8, 4) is 0 Å². The Morgan fingerprint density at radius 2 is 1.52 bits per heavy atom. The molecule has 0 spiro atoms. The summed E-state index contributed by atoms with van der Waals surface area (Å²) in [6.45, 7) is 2.02. The van der Waals surface area contributed by atoms with Crippen LogP contribution in [0.2, 0.25) is 0 Å². The second-order valence-corrected chi connectivity index (χ2v) is 5.10. The molecule has 2 aromatic carbocycles. The van der Waals surface area contributed by atoms with Gasteiger partial charge in [0.15, 0.2) is 0 Å². The number of hydrogen-bond acceptors (Lipinski definition) is 4. The van der Waals surface area contributed by atoms with Crippen LogP contribution in [0.4, 0.5) is 5.69 Å². The van der Waals surface area contributed by atoms with Crippen molar-refractivity contribution in [2.75, 3.05) is 11.5 Å². The quantitative estimate of drug-likeness (QED) is 0.643. The molecule has 0 saturated carbocycles. The van der Waals surface area contributed by atoms with Gasteiger partial charge in [-0.3, -0.25) is 14.4 Å². The lowest BCUT2D eigenvalue weighted by atomic mass is 10.1. The number of nitrogens with zero attached hydrogens (tertiary/aromatic N) is 1. The van der Waals surface area contributed by atoms with E-state index in [0.717, 1.165) is 4.90 Å². The third kappa shape index (κ3) is 2.61. The van der Waals surface area contributed by atoms with Crippen LogP contribution in [0, 0.1) is 0 Å². The molecule has 0 unspecified atom stereocenters. The minimum atomic E-state index is -0.392. The maximum absolute atomic E-state index is 12.6. The van der Waals surface area contributed by atoms with E-state index in [1.165, 1.54) is 0 Å². The van der Waals surface area contributed by atoms with Crippen molar-refractivity contribution in [1.82, 2.24) is 0 Å². The second kappa shape index (κ2) is 6.04. The fraction of sp³-hybridized carbons (Fsp3) is 0.167. The molecule has 0 N–H and O–H groups in total. The van der Waals surface area contributed by atoms with Crippen molar-refractivity contribution in [1.29, 1.82) is 0 Å². The van der Waals surface area contributed by atoms with Crippen LogP contribution in [0.5, 0.6) is 0 Å². The summed E-state index contributed by atoms with van der Waals surface area (Å²) in [5.74, 6) is -1.14. The van der Waals surface area contributed by atoms with Crippen molar-refractivity contribution in [3.05, 3.63) is 65.2 Å². The highest BCUT2D eigenvalue weighted by Gasteiger charge is 2.37. The van der Waals surface area contributed by atoms with Crippen LogP contribution >= 0.6 is 0 Å². The fourth-order valence-electron chi connectivity index (χ4n) is 2.65. The summed E-state index contributed by atoms with van der Waals surface area (Å²) in [7, 11) is 0. The number of rotatable bonds is 4. The maximum Gasteiger partial charge on any atom is 0.310 e. The smallest absolute Gasteiger partial charge is 0.310 e. The number of para-hydroxylation sites is 1. The zero-order valence-electron chi connectivity index (χ0n) is 12.6. The normalized spacial score (nSPS) is 13.2. The number of carbonyl (C=O) groups excluding carboxylic acids is 3. The molecular formula is C18H15NO4. The van der Waals surface area contributed by atoms with Crippen LogP contribution in [-0.4, -0.2) is 24.4 Å². The van der Waals surface area contributed by atoms with Crippen molar-refractivity contribution in [2.45, 2.75) is 13.3 Å². The SMILES string of the molecule is CCOC(=O)Cc1ccccc1N1C(=O)c2ccccc2C1=O. The lowest BCUT2D eigenvalue weighted by Gasteiger charge is -2.17. The molecule has 0 radical (unpaired) electrons. The molecule has 0 aromatic heterocycles. The third-order valence-corrected chi connectivity index (χ3v) is 3.67. The molecular weight excluding hydrogens is 294 g/mol. The predicted octanol–water partition coefficient (Wildman–Crippen LogP) is 2.59. The number of amides is 2. The van der Waals surface area contributed by atoms with Crippen LogP contribution in [0.1, 0.15) is 33.2 Å². The van der Waals surface area contributed by atoms with E-state index < -0.39 is 5.97 Å². The minimum Gasteiger partial charge on any atom is -0.466 e. The van der Waals surface area contributed by atoms with E-state index in [-0.39, 0.29) is 24.8 Å². The molecule has 1 aliphatic heterocycles. The average molecular weight is 309 g/mol. The third-order valence-electron chi connectivity index (χ3n) is 3.67. The van der Waals surface area contributed by atoms with E-state index >= 15 is 0 Å². The maximum atomic E-state index is 12.6. The van der Waals surface area contributed by atoms with E-state index in [9.17, 15) is 14.4 Å². The zero-order valence-corrected chi connectivity index (χ0v) is 12.6. The zero-order chi connectivity index (χ0) is 16.4. The molecule has 5 heteroatoms. The molecule has 1 aliphatic rings. The van der Waals surface area contributed by atoms with Crippen LogP contribution in [-0.2, 0) is 16.0 Å². The summed E-state index contributed by atoms with van der Waals surface area (Å²) in [6, 6.07) is 13.6. The summed E-state index contributed by atoms with van der Waals surface area (Å²) >= 11 is 0. The fourth-order valence-corrected chi connectivity index (χ4v) is 2.65. The summed E-state index contributed by atoms with van der Waals surface area (Å²) in [5, 5.41) is 0. The average Bonchev–Trinajstić information content (AvgIpc) is 2.80. The van der Waals surface area contributed by atoms with Crippen molar-refractivity contribution >= 4 is 23.5 Å². The first-order valence-electron chi connectivity index (χ1n) is 7.34. The number of benzene rings is 2. The number of hydrogen-bond donors (Lipinski definition) is 0. The van der Waals surface area contributed by atoms with Gasteiger partial charge in [0.05, 0.1) is 29.8 Å². The Balaban J connectivity index is 1.99. The Labute approximate surface area is 133 Å². The molecule has 1 heterocycles. The molecule has 0 fully saturated rings. The minimum absolute atomic E-state index is 0.0113. The highest BCUT2D eigenvalue weighted by molar-refractivity contribution is 6.34. The first-order chi connectivity index (χ1) is 11.1. The lowest BCUT2D eigenvalue weighted by Crippen LogP contribution is -2.30. The van der Waals surface area contributed by atoms with Crippen molar-refractivity contribution < 1.29 is 19.1 Å². The molecule has 2 aromatic rings. The van der Waals surface area contributed by atoms with Gasteiger partial charge in [0.2, 0.25) is 0 Å². The predicted molar refractivity (Wildman–Crippen MR) is 84.4 cm³/mol. The largest absolute Gasteiger partial charge is 0.466 e. The Morgan fingerprint density at radius 1 is 0.957 bits per heavy atom. The number of esters is 1. The summed E-state index contributed by atoms with van der Waals surface area (Å²) in [6.07, 6.45) is 0.0113. The number of fused-ring (bicyclic) bond motifs is 1. The van der Waals surface area contributed by atoms with E-state index in [0.29, 0.717) is 22.4 Å². The topological polar surface area (TPSA) is 63.7 Å². The van der Waals surface area contributed by atoms with Crippen LogP contribution in [0.3, 0.4) is 0 Å². The molecule has 0 atom stereocenters. The molecule has 0 aliphatic carbocycles. The van der Waals surface area contributed by atoms with Gasteiger partial charge in [-0.25, -0.2) is 4.90 Å². The monoisotopic (exact) mass is 309 g/mol. The van der Waals surface area contributed by atoms with Gasteiger partial charge < -0.3 is 4.74 Å². The van der Waals surface area contributed by atoms with Crippen LogP contribution < -0.4 is 4.90 Å². The van der Waals surface area contributed by atoms with E-state index in [2.05, 4.69) is 0 Å². The standard InChI is InChI=1S/C18H15NO4/c1-2-23-16(20)11-12-7-3-6-10-15(12)19-17(21)13-8-4-5-9-14(13)18(19)22/h3-10H,2,11H2,1H3. The van der Waals surface area contributed by atoms with Gasteiger partial charge in [-0.1, -0.05) is 30.3 Å². The summed E-state index contributed by atoms with van der Waals surface area (Å²) in [4.78, 5) is 38.0. The number of imide groups is 1. The number of carbonyl (C=O) groups is 3.